The summed E-state index contributed by atoms with van der Waals surface area (Å²) in [4.78, 5) is 11.8. The highest BCUT2D eigenvalue weighted by Crippen LogP contribution is 2.16. The van der Waals surface area contributed by atoms with Gasteiger partial charge >= 0.3 is 0 Å². The van der Waals surface area contributed by atoms with E-state index in [4.69, 9.17) is 0 Å². The smallest absolute Gasteiger partial charge is 0.182 e. The fraction of sp³-hybridized carbons (Fsp3) is 0.286. The van der Waals surface area contributed by atoms with E-state index in [0.29, 0.717) is 12.1 Å². The van der Waals surface area contributed by atoms with Crippen molar-refractivity contribution in [3.05, 3.63) is 40.4 Å². The lowest BCUT2D eigenvalue weighted by Crippen LogP contribution is -2.12. The molecular formula is C14H15BrN2O. The number of hydrogen-bond acceptors (Lipinski definition) is 3. The number of rotatable bonds is 2. The monoisotopic (exact) mass is 306 g/mol. The summed E-state index contributed by atoms with van der Waals surface area (Å²) in [5, 5.41) is 4.20. The average molecular weight is 307 g/mol. The third-order valence-corrected chi connectivity index (χ3v) is 3.32. The Morgan fingerprint density at radius 3 is 2.67 bits per heavy atom. The molecule has 0 amide bonds. The summed E-state index contributed by atoms with van der Waals surface area (Å²) < 4.78 is 1.02. The molecule has 0 heterocycles. The lowest BCUT2D eigenvalue weighted by atomic mass is 10.1. The number of nitrogens with zero attached hydrogens (tertiary/aromatic N) is 1. The van der Waals surface area contributed by atoms with Crippen molar-refractivity contribution in [2.24, 2.45) is 5.10 Å². The van der Waals surface area contributed by atoms with Gasteiger partial charge in [-0.2, -0.15) is 5.10 Å². The maximum atomic E-state index is 11.8. The molecule has 1 aliphatic rings. The molecule has 1 aliphatic carbocycles. The summed E-state index contributed by atoms with van der Waals surface area (Å²) in [5.41, 5.74) is 5.52. The minimum Gasteiger partial charge on any atom is -0.292 e. The number of anilines is 1. The molecule has 1 N–H and O–H groups in total. The lowest BCUT2D eigenvalue weighted by Gasteiger charge is -2.02. The molecular weight excluding hydrogens is 292 g/mol. The summed E-state index contributed by atoms with van der Waals surface area (Å²) in [6, 6.07) is 7.68. The highest BCUT2D eigenvalue weighted by molar-refractivity contribution is 9.10. The van der Waals surface area contributed by atoms with Crippen molar-refractivity contribution < 1.29 is 4.79 Å². The van der Waals surface area contributed by atoms with Crippen molar-refractivity contribution in [1.29, 1.82) is 0 Å². The Hall–Kier alpha value is -1.42. The van der Waals surface area contributed by atoms with Crippen LogP contribution in [0.5, 0.6) is 0 Å². The lowest BCUT2D eigenvalue weighted by molar-refractivity contribution is -0.112. The van der Waals surface area contributed by atoms with Crippen LogP contribution < -0.4 is 5.43 Å². The molecule has 1 aromatic carbocycles. The fourth-order valence-electron chi connectivity index (χ4n) is 1.79. The van der Waals surface area contributed by atoms with Crippen LogP contribution in [0, 0.1) is 0 Å². The third-order valence-electron chi connectivity index (χ3n) is 2.79. The first-order chi connectivity index (χ1) is 8.65. The fourth-order valence-corrected chi connectivity index (χ4v) is 2.05. The van der Waals surface area contributed by atoms with Gasteiger partial charge in [-0.05, 0) is 50.1 Å². The second-order valence-electron chi connectivity index (χ2n) is 4.38. The predicted octanol–water partition coefficient (Wildman–Crippen LogP) is 3.92. The topological polar surface area (TPSA) is 41.5 Å². The number of carbonyl (C=O) groups is 1. The van der Waals surface area contributed by atoms with Crippen LogP contribution in [-0.4, -0.2) is 11.5 Å². The average Bonchev–Trinajstić information content (AvgIpc) is 2.51. The van der Waals surface area contributed by atoms with Gasteiger partial charge in [-0.15, -0.1) is 0 Å². The van der Waals surface area contributed by atoms with Crippen molar-refractivity contribution >= 4 is 33.1 Å². The Kier molecular flexibility index (Phi) is 4.31. The van der Waals surface area contributed by atoms with Crippen molar-refractivity contribution in [1.82, 2.24) is 0 Å². The molecule has 0 aromatic heterocycles. The minimum absolute atomic E-state index is 0.108. The van der Waals surface area contributed by atoms with Gasteiger partial charge in [0.25, 0.3) is 0 Å². The van der Waals surface area contributed by atoms with Gasteiger partial charge in [0.1, 0.15) is 5.71 Å². The van der Waals surface area contributed by atoms with E-state index in [1.165, 1.54) is 5.57 Å². The second-order valence-corrected chi connectivity index (χ2v) is 5.30. The predicted molar refractivity (Wildman–Crippen MR) is 77.8 cm³/mol. The summed E-state index contributed by atoms with van der Waals surface area (Å²) in [6.07, 6.45) is 4.34. The molecule has 0 radical (unpaired) electrons. The highest BCUT2D eigenvalue weighted by atomic mass is 79.9. The van der Waals surface area contributed by atoms with Crippen molar-refractivity contribution in [3.63, 3.8) is 0 Å². The molecule has 0 spiro atoms. The number of ketones is 1. The van der Waals surface area contributed by atoms with Crippen LogP contribution in [0.3, 0.4) is 0 Å². The molecule has 18 heavy (non-hydrogen) atoms. The molecule has 0 fully saturated rings. The van der Waals surface area contributed by atoms with Gasteiger partial charge in [0.05, 0.1) is 5.69 Å². The SMILES string of the molecule is CC1=CC(=NNc2ccc(Br)cc2)C(=O)CCC1. The largest absolute Gasteiger partial charge is 0.292 e. The van der Waals surface area contributed by atoms with Crippen LogP contribution >= 0.6 is 15.9 Å². The molecule has 94 valence electrons. The Morgan fingerprint density at radius 1 is 1.22 bits per heavy atom. The summed E-state index contributed by atoms with van der Waals surface area (Å²) in [7, 11) is 0. The van der Waals surface area contributed by atoms with Crippen LogP contribution in [-0.2, 0) is 4.79 Å². The van der Waals surface area contributed by atoms with Crippen molar-refractivity contribution in [2.75, 3.05) is 5.43 Å². The molecule has 0 unspecified atom stereocenters. The van der Waals surface area contributed by atoms with Gasteiger partial charge in [-0.25, -0.2) is 0 Å². The molecule has 0 saturated carbocycles. The van der Waals surface area contributed by atoms with Crippen molar-refractivity contribution in [2.45, 2.75) is 26.2 Å². The van der Waals surface area contributed by atoms with Crippen LogP contribution in [0.4, 0.5) is 5.69 Å². The first-order valence-corrected chi connectivity index (χ1v) is 6.74. The maximum Gasteiger partial charge on any atom is 0.182 e. The zero-order chi connectivity index (χ0) is 13.0. The molecule has 0 atom stereocenters. The standard InChI is InChI=1S/C14H15BrN2O/c1-10-3-2-4-14(18)13(9-10)17-16-12-7-5-11(15)6-8-12/h5-9,16H,2-4H2,1H3. The number of halogens is 1. The van der Waals surface area contributed by atoms with Crippen LogP contribution in [0.25, 0.3) is 0 Å². The number of benzene rings is 1. The highest BCUT2D eigenvalue weighted by Gasteiger charge is 2.13. The van der Waals surface area contributed by atoms with E-state index in [0.717, 1.165) is 23.0 Å². The first-order valence-electron chi connectivity index (χ1n) is 5.95. The Morgan fingerprint density at radius 2 is 1.94 bits per heavy atom. The van der Waals surface area contributed by atoms with Gasteiger partial charge < -0.3 is 0 Å². The molecule has 0 saturated heterocycles. The van der Waals surface area contributed by atoms with E-state index in [1.54, 1.807) is 0 Å². The van der Waals surface area contributed by atoms with Crippen LogP contribution in [0.15, 0.2) is 45.5 Å². The summed E-state index contributed by atoms with van der Waals surface area (Å²) in [6.45, 7) is 2.04. The van der Waals surface area contributed by atoms with Gasteiger partial charge in [-0.1, -0.05) is 21.5 Å². The van der Waals surface area contributed by atoms with E-state index in [-0.39, 0.29) is 5.78 Å². The quantitative estimate of drug-likeness (QED) is 0.842. The molecule has 1 aromatic rings. The normalized spacial score (nSPS) is 18.4. The van der Waals surface area contributed by atoms with E-state index >= 15 is 0 Å². The Labute approximate surface area is 115 Å². The zero-order valence-corrected chi connectivity index (χ0v) is 11.8. The molecule has 2 rings (SSSR count). The second kappa shape index (κ2) is 5.96. The van der Waals surface area contributed by atoms with E-state index in [2.05, 4.69) is 26.5 Å². The van der Waals surface area contributed by atoms with Crippen molar-refractivity contribution in [3.8, 4) is 0 Å². The first kappa shape index (κ1) is 13.0. The number of carbonyl (C=O) groups excluding carboxylic acids is 1. The third kappa shape index (κ3) is 3.53. The van der Waals surface area contributed by atoms with Gasteiger partial charge in [-0.3, -0.25) is 10.2 Å². The molecule has 4 heteroatoms. The zero-order valence-electron chi connectivity index (χ0n) is 10.2. The number of hydrogen-bond donors (Lipinski definition) is 1. The van der Waals surface area contributed by atoms with Gasteiger partial charge in [0, 0.05) is 10.9 Å². The van der Waals surface area contributed by atoms with E-state index < -0.39 is 0 Å². The van der Waals surface area contributed by atoms with Gasteiger partial charge in [0.15, 0.2) is 5.78 Å². The Bertz CT molecular complexity index is 503. The minimum atomic E-state index is 0.108. The number of Topliss-reactive ketones (excluding diaryl/α,β-unsaturated/α-hetero) is 1. The molecule has 0 bridgehead atoms. The molecule has 0 aliphatic heterocycles. The van der Waals surface area contributed by atoms with Crippen LogP contribution in [0.2, 0.25) is 0 Å². The van der Waals surface area contributed by atoms with Gasteiger partial charge in [0.2, 0.25) is 0 Å². The van der Waals surface area contributed by atoms with E-state index in [1.807, 2.05) is 37.3 Å². The number of hydrazone groups is 1. The maximum absolute atomic E-state index is 11.8. The summed E-state index contributed by atoms with van der Waals surface area (Å²) >= 11 is 3.37. The number of allylic oxidation sites excluding steroid dienone is 2. The summed E-state index contributed by atoms with van der Waals surface area (Å²) in [5.74, 6) is 0.108. The number of nitrogens with one attached hydrogen (secondary N) is 1. The van der Waals surface area contributed by atoms with E-state index in [9.17, 15) is 4.79 Å². The van der Waals surface area contributed by atoms with Crippen LogP contribution in [0.1, 0.15) is 26.2 Å². The Balaban J connectivity index is 2.14. The molecule has 3 nitrogen and oxygen atoms in total.